The van der Waals surface area contributed by atoms with Crippen molar-refractivity contribution in [1.82, 2.24) is 4.72 Å². The number of nitrogens with one attached hydrogen (secondary N) is 1. The largest absolute Gasteiger partial charge is 0.381 e. The summed E-state index contributed by atoms with van der Waals surface area (Å²) in [6.07, 6.45) is 0. The van der Waals surface area contributed by atoms with Crippen LogP contribution in [0.25, 0.3) is 0 Å². The summed E-state index contributed by atoms with van der Waals surface area (Å²) in [5.41, 5.74) is 0. The van der Waals surface area contributed by atoms with E-state index in [1.807, 2.05) is 13.8 Å². The van der Waals surface area contributed by atoms with Crippen LogP contribution in [0, 0.1) is 11.8 Å². The SMILES string of the molecule is CNS(=O)(=O)C1[C@H](C)COC[C@@H]1C. The van der Waals surface area contributed by atoms with Gasteiger partial charge in [0.15, 0.2) is 0 Å². The van der Waals surface area contributed by atoms with Crippen LogP contribution >= 0.6 is 0 Å². The zero-order valence-corrected chi connectivity index (χ0v) is 9.10. The van der Waals surface area contributed by atoms with Gasteiger partial charge in [-0.15, -0.1) is 0 Å². The average molecular weight is 207 g/mol. The first-order valence-corrected chi connectivity index (χ1v) is 6.03. The molecule has 3 atom stereocenters. The molecule has 0 aromatic rings. The van der Waals surface area contributed by atoms with Crippen molar-refractivity contribution in [3.63, 3.8) is 0 Å². The van der Waals surface area contributed by atoms with E-state index in [0.717, 1.165) is 0 Å². The fraction of sp³-hybridized carbons (Fsp3) is 1.00. The molecule has 0 aromatic carbocycles. The molecule has 0 spiro atoms. The minimum absolute atomic E-state index is 0.0706. The highest BCUT2D eigenvalue weighted by molar-refractivity contribution is 7.90. The fourth-order valence-electron chi connectivity index (χ4n) is 1.94. The zero-order valence-electron chi connectivity index (χ0n) is 8.28. The van der Waals surface area contributed by atoms with Crippen molar-refractivity contribution in [2.24, 2.45) is 11.8 Å². The van der Waals surface area contributed by atoms with E-state index in [4.69, 9.17) is 4.74 Å². The molecular weight excluding hydrogens is 190 g/mol. The Bertz CT molecular complexity index is 253. The topological polar surface area (TPSA) is 55.4 Å². The lowest BCUT2D eigenvalue weighted by molar-refractivity contribution is 0.0300. The predicted molar refractivity (Wildman–Crippen MR) is 50.9 cm³/mol. The molecule has 5 heteroatoms. The molecule has 78 valence electrons. The van der Waals surface area contributed by atoms with Crippen LogP contribution in [0.3, 0.4) is 0 Å². The number of hydrogen-bond donors (Lipinski definition) is 1. The van der Waals surface area contributed by atoms with E-state index in [0.29, 0.717) is 13.2 Å². The molecule has 4 nitrogen and oxygen atoms in total. The highest BCUT2D eigenvalue weighted by Gasteiger charge is 2.37. The zero-order chi connectivity index (χ0) is 10.1. The maximum atomic E-state index is 11.6. The van der Waals surface area contributed by atoms with Gasteiger partial charge < -0.3 is 4.74 Å². The minimum atomic E-state index is -3.15. The lowest BCUT2D eigenvalue weighted by Gasteiger charge is -2.33. The van der Waals surface area contributed by atoms with E-state index in [9.17, 15) is 8.42 Å². The van der Waals surface area contributed by atoms with Crippen LogP contribution in [0.15, 0.2) is 0 Å². The Labute approximate surface area is 79.7 Å². The van der Waals surface area contributed by atoms with Gasteiger partial charge in [-0.25, -0.2) is 13.1 Å². The van der Waals surface area contributed by atoms with E-state index in [1.54, 1.807) is 0 Å². The Morgan fingerprint density at radius 2 is 1.69 bits per heavy atom. The van der Waals surface area contributed by atoms with E-state index in [-0.39, 0.29) is 17.1 Å². The molecule has 0 amide bonds. The summed E-state index contributed by atoms with van der Waals surface area (Å²) in [7, 11) is -1.69. The van der Waals surface area contributed by atoms with Gasteiger partial charge in [-0.3, -0.25) is 0 Å². The van der Waals surface area contributed by atoms with Crippen molar-refractivity contribution < 1.29 is 13.2 Å². The van der Waals surface area contributed by atoms with Gasteiger partial charge in [0.05, 0.1) is 18.5 Å². The molecule has 0 aromatic heterocycles. The van der Waals surface area contributed by atoms with E-state index in [2.05, 4.69) is 4.72 Å². The second-order valence-electron chi connectivity index (χ2n) is 3.71. The van der Waals surface area contributed by atoms with Crippen LogP contribution in [0.4, 0.5) is 0 Å². The third-order valence-electron chi connectivity index (χ3n) is 2.53. The summed E-state index contributed by atoms with van der Waals surface area (Å²) in [4.78, 5) is 0. The van der Waals surface area contributed by atoms with Gasteiger partial charge in [0.25, 0.3) is 0 Å². The van der Waals surface area contributed by atoms with Crippen molar-refractivity contribution in [3.8, 4) is 0 Å². The Morgan fingerprint density at radius 1 is 1.23 bits per heavy atom. The van der Waals surface area contributed by atoms with Crippen molar-refractivity contribution in [3.05, 3.63) is 0 Å². The van der Waals surface area contributed by atoms with Gasteiger partial charge in [0, 0.05) is 0 Å². The summed E-state index contributed by atoms with van der Waals surface area (Å²) >= 11 is 0. The third-order valence-corrected chi connectivity index (χ3v) is 4.74. The Balaban J connectivity index is 2.86. The van der Waals surface area contributed by atoms with Gasteiger partial charge in [-0.05, 0) is 18.9 Å². The molecule has 0 radical (unpaired) electrons. The molecule has 13 heavy (non-hydrogen) atoms. The summed E-state index contributed by atoms with van der Waals surface area (Å²) in [6.45, 7) is 4.90. The smallest absolute Gasteiger partial charge is 0.214 e. The second-order valence-corrected chi connectivity index (χ2v) is 5.75. The first kappa shape index (κ1) is 10.9. The van der Waals surface area contributed by atoms with Gasteiger partial charge in [0.1, 0.15) is 0 Å². The number of sulfonamides is 1. The number of hydrogen-bond acceptors (Lipinski definition) is 3. The lowest BCUT2D eigenvalue weighted by Crippen LogP contribution is -2.46. The van der Waals surface area contributed by atoms with Gasteiger partial charge in [-0.2, -0.15) is 0 Å². The Morgan fingerprint density at radius 3 is 2.08 bits per heavy atom. The fourth-order valence-corrected chi connectivity index (χ4v) is 3.59. The summed E-state index contributed by atoms with van der Waals surface area (Å²) in [5, 5.41) is -0.314. The highest BCUT2D eigenvalue weighted by atomic mass is 32.2. The van der Waals surface area contributed by atoms with Crippen LogP contribution in [0.2, 0.25) is 0 Å². The molecule has 1 heterocycles. The molecule has 1 aliphatic heterocycles. The molecule has 1 saturated heterocycles. The number of ether oxygens (including phenoxy) is 1. The average Bonchev–Trinajstić information content (AvgIpc) is 2.03. The highest BCUT2D eigenvalue weighted by Crippen LogP contribution is 2.25. The third kappa shape index (κ3) is 2.21. The van der Waals surface area contributed by atoms with Gasteiger partial charge in [0.2, 0.25) is 10.0 Å². The first-order valence-electron chi connectivity index (χ1n) is 4.49. The van der Waals surface area contributed by atoms with E-state index in [1.165, 1.54) is 7.05 Å². The van der Waals surface area contributed by atoms with Crippen LogP contribution in [-0.4, -0.2) is 33.9 Å². The van der Waals surface area contributed by atoms with Crippen LogP contribution in [0.1, 0.15) is 13.8 Å². The molecule has 1 N–H and O–H groups in total. The molecular formula is C8H17NO3S. The van der Waals surface area contributed by atoms with Crippen molar-refractivity contribution >= 4 is 10.0 Å². The normalized spacial score (nSPS) is 36.1. The molecule has 0 aliphatic carbocycles. The maximum absolute atomic E-state index is 11.6. The molecule has 0 saturated carbocycles. The number of rotatable bonds is 2. The summed E-state index contributed by atoms with van der Waals surface area (Å²) in [6, 6.07) is 0. The van der Waals surface area contributed by atoms with Crippen molar-refractivity contribution in [1.29, 1.82) is 0 Å². The maximum Gasteiger partial charge on any atom is 0.214 e. The Kier molecular flexibility index (Phi) is 3.32. The van der Waals surface area contributed by atoms with Gasteiger partial charge in [-0.1, -0.05) is 13.8 Å². The van der Waals surface area contributed by atoms with Crippen molar-refractivity contribution in [2.75, 3.05) is 20.3 Å². The first-order chi connectivity index (χ1) is 5.99. The Hall–Kier alpha value is -0.130. The molecule has 1 fully saturated rings. The van der Waals surface area contributed by atoms with E-state index >= 15 is 0 Å². The van der Waals surface area contributed by atoms with Crippen LogP contribution in [0.5, 0.6) is 0 Å². The van der Waals surface area contributed by atoms with E-state index < -0.39 is 10.0 Å². The van der Waals surface area contributed by atoms with Crippen LogP contribution < -0.4 is 4.72 Å². The predicted octanol–water partition coefficient (Wildman–Crippen LogP) is 0.207. The van der Waals surface area contributed by atoms with Gasteiger partial charge >= 0.3 is 0 Å². The lowest BCUT2D eigenvalue weighted by atomic mass is 9.95. The monoisotopic (exact) mass is 207 g/mol. The molecule has 1 unspecified atom stereocenters. The molecule has 1 rings (SSSR count). The molecule has 0 bridgehead atoms. The quantitative estimate of drug-likeness (QED) is 0.704. The second kappa shape index (κ2) is 3.94. The van der Waals surface area contributed by atoms with Crippen molar-refractivity contribution in [2.45, 2.75) is 19.1 Å². The summed E-state index contributed by atoms with van der Waals surface area (Å²) < 4.78 is 30.9. The minimum Gasteiger partial charge on any atom is -0.381 e. The summed E-state index contributed by atoms with van der Waals surface area (Å²) in [5.74, 6) is 0.141. The van der Waals surface area contributed by atoms with Crippen LogP contribution in [-0.2, 0) is 14.8 Å². The standard InChI is InChI=1S/C8H17NO3S/c1-6-4-12-5-7(2)8(6)13(10,11)9-3/h6-9H,4-5H2,1-3H3/t6-,7+,8?. The molecule has 1 aliphatic rings.